The summed E-state index contributed by atoms with van der Waals surface area (Å²) in [5.41, 5.74) is 4.94. The second-order valence-electron chi connectivity index (χ2n) is 5.15. The number of ether oxygens (including phenoxy) is 3. The number of rotatable bonds is 6. The van der Waals surface area contributed by atoms with Gasteiger partial charge in [-0.3, -0.25) is 20.4 Å². The van der Waals surface area contributed by atoms with Crippen LogP contribution < -0.4 is 20.3 Å². The van der Waals surface area contributed by atoms with E-state index in [1.807, 2.05) is 0 Å². The van der Waals surface area contributed by atoms with Gasteiger partial charge in [-0.05, 0) is 58.4 Å². The summed E-state index contributed by atoms with van der Waals surface area (Å²) in [5.74, 6) is -0.845. The fourth-order valence-electron chi connectivity index (χ4n) is 1.97. The van der Waals surface area contributed by atoms with Crippen molar-refractivity contribution in [3.05, 3.63) is 58.1 Å². The van der Waals surface area contributed by atoms with Crippen molar-refractivity contribution >= 4 is 33.7 Å². The minimum atomic E-state index is -0.711. The van der Waals surface area contributed by atoms with Crippen LogP contribution in [-0.2, 0) is 9.53 Å². The third-order valence-electron chi connectivity index (χ3n) is 3.40. The maximum Gasteiger partial charge on any atom is 0.339 e. The van der Waals surface area contributed by atoms with E-state index in [4.69, 9.17) is 14.2 Å². The van der Waals surface area contributed by atoms with E-state index in [-0.39, 0.29) is 5.56 Å². The van der Waals surface area contributed by atoms with Gasteiger partial charge in [0.25, 0.3) is 11.8 Å². The number of hydrazine groups is 1. The van der Waals surface area contributed by atoms with Crippen molar-refractivity contribution in [3.8, 4) is 11.5 Å². The Balaban J connectivity index is 1.83. The maximum atomic E-state index is 12.1. The van der Waals surface area contributed by atoms with Crippen molar-refractivity contribution in [1.29, 1.82) is 0 Å². The molecule has 2 amide bonds. The molecule has 0 heterocycles. The second-order valence-corrected chi connectivity index (χ2v) is 6.01. The fraction of sp³-hybridized carbons (Fsp3) is 0.167. The highest BCUT2D eigenvalue weighted by Gasteiger charge is 2.15. The van der Waals surface area contributed by atoms with Gasteiger partial charge in [-0.25, -0.2) is 4.79 Å². The zero-order valence-electron chi connectivity index (χ0n) is 14.6. The average molecular weight is 437 g/mol. The molecule has 0 radical (unpaired) electrons. The van der Waals surface area contributed by atoms with E-state index in [0.717, 1.165) is 0 Å². The number of methoxy groups -OCH3 is 2. The van der Waals surface area contributed by atoms with Gasteiger partial charge in [-0.15, -0.1) is 0 Å². The first kappa shape index (κ1) is 20.2. The molecule has 0 atom stereocenters. The highest BCUT2D eigenvalue weighted by Crippen LogP contribution is 2.23. The normalized spacial score (nSPS) is 9.89. The summed E-state index contributed by atoms with van der Waals surface area (Å²) in [7, 11) is 2.98. The summed E-state index contributed by atoms with van der Waals surface area (Å²) in [4.78, 5) is 35.8. The first-order valence-electron chi connectivity index (χ1n) is 7.68. The molecule has 2 aromatic carbocycles. The number of benzene rings is 2. The van der Waals surface area contributed by atoms with Crippen molar-refractivity contribution in [3.63, 3.8) is 0 Å². The molecule has 0 bridgehead atoms. The van der Waals surface area contributed by atoms with E-state index in [1.165, 1.54) is 20.3 Å². The van der Waals surface area contributed by atoms with Crippen molar-refractivity contribution in [2.24, 2.45) is 0 Å². The molecule has 0 aliphatic heterocycles. The van der Waals surface area contributed by atoms with Crippen molar-refractivity contribution in [1.82, 2.24) is 10.9 Å². The minimum Gasteiger partial charge on any atom is -0.497 e. The topological polar surface area (TPSA) is 103 Å². The van der Waals surface area contributed by atoms with Gasteiger partial charge >= 0.3 is 5.97 Å². The van der Waals surface area contributed by atoms with Gasteiger partial charge < -0.3 is 14.2 Å². The Morgan fingerprint density at radius 3 is 2.19 bits per heavy atom. The molecule has 142 valence electrons. The second kappa shape index (κ2) is 9.58. The van der Waals surface area contributed by atoms with Crippen LogP contribution in [0.1, 0.15) is 20.7 Å². The molecule has 0 aromatic heterocycles. The summed E-state index contributed by atoms with van der Waals surface area (Å²) in [6, 6.07) is 11.1. The molecule has 0 aliphatic rings. The lowest BCUT2D eigenvalue weighted by Gasteiger charge is -2.10. The Morgan fingerprint density at radius 1 is 0.926 bits per heavy atom. The molecule has 0 aliphatic carbocycles. The van der Waals surface area contributed by atoms with Gasteiger partial charge in [0.15, 0.2) is 6.61 Å². The Morgan fingerprint density at radius 2 is 1.56 bits per heavy atom. The molecule has 0 saturated carbocycles. The summed E-state index contributed by atoms with van der Waals surface area (Å²) >= 11 is 3.23. The van der Waals surface area contributed by atoms with E-state index in [1.54, 1.807) is 36.4 Å². The molecular weight excluding hydrogens is 420 g/mol. The molecule has 0 saturated heterocycles. The summed E-state index contributed by atoms with van der Waals surface area (Å²) < 4.78 is 15.5. The molecule has 9 heteroatoms. The van der Waals surface area contributed by atoms with Crippen LogP contribution in [0.15, 0.2) is 46.9 Å². The lowest BCUT2D eigenvalue weighted by molar-refractivity contribution is -0.125. The third kappa shape index (κ3) is 5.71. The van der Waals surface area contributed by atoms with Crippen LogP contribution in [0.5, 0.6) is 11.5 Å². The van der Waals surface area contributed by atoms with E-state index in [0.29, 0.717) is 21.5 Å². The van der Waals surface area contributed by atoms with Gasteiger partial charge in [-0.1, -0.05) is 0 Å². The molecule has 0 unspecified atom stereocenters. The van der Waals surface area contributed by atoms with Crippen LogP contribution in [0.2, 0.25) is 0 Å². The predicted molar refractivity (Wildman–Crippen MR) is 99.6 cm³/mol. The fourth-order valence-corrected chi connectivity index (χ4v) is 2.38. The maximum absolute atomic E-state index is 12.1. The van der Waals surface area contributed by atoms with Crippen LogP contribution in [0.25, 0.3) is 0 Å². The Kier molecular flexibility index (Phi) is 7.18. The number of carbonyl (C=O) groups is 3. The lowest BCUT2D eigenvalue weighted by Crippen LogP contribution is -2.43. The Labute approximate surface area is 163 Å². The van der Waals surface area contributed by atoms with Crippen LogP contribution in [0.4, 0.5) is 0 Å². The van der Waals surface area contributed by atoms with Crippen LogP contribution in [0.3, 0.4) is 0 Å². The van der Waals surface area contributed by atoms with Gasteiger partial charge in [0.05, 0.1) is 19.8 Å². The molecular formula is C18H17BrN2O6. The molecule has 0 spiro atoms. The highest BCUT2D eigenvalue weighted by molar-refractivity contribution is 9.10. The third-order valence-corrected chi connectivity index (χ3v) is 4.09. The summed E-state index contributed by atoms with van der Waals surface area (Å²) in [5, 5.41) is 0. The quantitative estimate of drug-likeness (QED) is 0.530. The van der Waals surface area contributed by atoms with E-state index in [9.17, 15) is 14.4 Å². The van der Waals surface area contributed by atoms with Crippen LogP contribution in [-0.4, -0.2) is 38.6 Å². The molecule has 27 heavy (non-hydrogen) atoms. The first-order chi connectivity index (χ1) is 12.9. The Hall–Kier alpha value is -3.07. The molecule has 0 fully saturated rings. The highest BCUT2D eigenvalue weighted by atomic mass is 79.9. The predicted octanol–water partition coefficient (Wildman–Crippen LogP) is 2.08. The molecule has 8 nitrogen and oxygen atoms in total. The van der Waals surface area contributed by atoms with Gasteiger partial charge in [0, 0.05) is 10.0 Å². The average Bonchev–Trinajstić information content (AvgIpc) is 2.70. The Bertz CT molecular complexity index is 838. The van der Waals surface area contributed by atoms with Crippen molar-refractivity contribution in [2.45, 2.75) is 0 Å². The standard InChI is InChI=1S/C18H17BrN2O6/c1-25-12-5-3-11(4-6-12)17(23)21-20-16(22)10-27-18(24)14-9-13(26-2)7-8-15(14)19/h3-9H,10H2,1-2H3,(H,20,22)(H,21,23). The van der Waals surface area contributed by atoms with E-state index >= 15 is 0 Å². The number of halogens is 1. The van der Waals surface area contributed by atoms with Gasteiger partial charge in [-0.2, -0.15) is 0 Å². The zero-order chi connectivity index (χ0) is 19.8. The number of hydrogen-bond acceptors (Lipinski definition) is 6. The van der Waals surface area contributed by atoms with Gasteiger partial charge in [0.1, 0.15) is 11.5 Å². The number of hydrogen-bond donors (Lipinski definition) is 2. The monoisotopic (exact) mass is 436 g/mol. The zero-order valence-corrected chi connectivity index (χ0v) is 16.2. The van der Waals surface area contributed by atoms with E-state index in [2.05, 4.69) is 26.8 Å². The lowest BCUT2D eigenvalue weighted by atomic mass is 10.2. The number of nitrogens with one attached hydrogen (secondary N) is 2. The molecule has 2 rings (SSSR count). The minimum absolute atomic E-state index is 0.212. The van der Waals surface area contributed by atoms with Gasteiger partial charge in [0.2, 0.25) is 0 Å². The molecule has 2 aromatic rings. The smallest absolute Gasteiger partial charge is 0.339 e. The van der Waals surface area contributed by atoms with Crippen molar-refractivity contribution < 1.29 is 28.6 Å². The largest absolute Gasteiger partial charge is 0.497 e. The number of carbonyl (C=O) groups excluding carboxylic acids is 3. The summed E-state index contributed by atoms with van der Waals surface area (Å²) in [6.45, 7) is -0.564. The number of esters is 1. The van der Waals surface area contributed by atoms with Crippen molar-refractivity contribution in [2.75, 3.05) is 20.8 Å². The first-order valence-corrected chi connectivity index (χ1v) is 8.47. The van der Waals surface area contributed by atoms with Crippen LogP contribution in [0, 0.1) is 0 Å². The number of amides is 2. The SMILES string of the molecule is COc1ccc(C(=O)NNC(=O)COC(=O)c2cc(OC)ccc2Br)cc1. The van der Waals surface area contributed by atoms with Crippen LogP contribution >= 0.6 is 15.9 Å². The molecule has 2 N–H and O–H groups in total. The van der Waals surface area contributed by atoms with E-state index < -0.39 is 24.4 Å². The summed E-state index contributed by atoms with van der Waals surface area (Å²) in [6.07, 6.45) is 0.